The van der Waals surface area contributed by atoms with Gasteiger partial charge in [0.15, 0.2) is 0 Å². The molecule has 2 aromatic rings. The van der Waals surface area contributed by atoms with Gasteiger partial charge >= 0.3 is 0 Å². The van der Waals surface area contributed by atoms with Crippen molar-refractivity contribution in [1.82, 2.24) is 4.90 Å². The fourth-order valence-electron chi connectivity index (χ4n) is 3.51. The average Bonchev–Trinajstić information content (AvgIpc) is 3.01. The second-order valence-corrected chi connectivity index (χ2v) is 7.26. The van der Waals surface area contributed by atoms with Gasteiger partial charge in [0.2, 0.25) is 0 Å². The molecule has 3 rings (SSSR count). The van der Waals surface area contributed by atoms with Crippen LogP contribution in [0.3, 0.4) is 0 Å². The fraction of sp³-hybridized carbons (Fsp3) is 0.304. The summed E-state index contributed by atoms with van der Waals surface area (Å²) in [6.45, 7) is 3.28. The maximum atomic E-state index is 12.9. The number of aliphatic hydroxyl groups excluding tert-OH is 1. The van der Waals surface area contributed by atoms with Crippen molar-refractivity contribution in [3.05, 3.63) is 70.3 Å². The minimum atomic E-state index is -0.716. The highest BCUT2D eigenvalue weighted by Gasteiger charge is 2.45. The van der Waals surface area contributed by atoms with E-state index in [0.717, 1.165) is 0 Å². The summed E-state index contributed by atoms with van der Waals surface area (Å²) in [5.41, 5.74) is 1.15. The summed E-state index contributed by atoms with van der Waals surface area (Å²) in [7, 11) is 1.52. The Hall–Kier alpha value is -2.83. The van der Waals surface area contributed by atoms with Crippen LogP contribution >= 0.6 is 11.6 Å². The molecule has 6 nitrogen and oxygen atoms in total. The number of likely N-dealkylation sites (tertiary alicyclic amines) is 1. The first-order chi connectivity index (χ1) is 14.5. The highest BCUT2D eigenvalue weighted by Crippen LogP contribution is 2.40. The number of aliphatic hydroxyl groups is 1. The van der Waals surface area contributed by atoms with Gasteiger partial charge in [0.25, 0.3) is 11.7 Å². The minimum Gasteiger partial charge on any atom is -0.507 e. The van der Waals surface area contributed by atoms with Gasteiger partial charge in [0, 0.05) is 30.3 Å². The lowest BCUT2D eigenvalue weighted by atomic mass is 9.95. The fourth-order valence-corrected chi connectivity index (χ4v) is 3.64. The maximum Gasteiger partial charge on any atom is 0.295 e. The molecule has 1 atom stereocenters. The molecule has 1 aliphatic rings. The molecule has 7 heteroatoms. The van der Waals surface area contributed by atoms with E-state index in [-0.39, 0.29) is 11.3 Å². The highest BCUT2D eigenvalue weighted by molar-refractivity contribution is 6.46. The average molecular weight is 430 g/mol. The third-order valence-electron chi connectivity index (χ3n) is 4.96. The maximum absolute atomic E-state index is 12.9. The third-order valence-corrected chi connectivity index (χ3v) is 5.21. The standard InChI is InChI=1S/C23H24ClNO5/c1-3-30-13-5-12-25-20(15-8-10-17(24)11-9-15)19(22(27)23(25)28)21(26)16-6-4-7-18(14-16)29-2/h4,6-11,14,20,26H,3,5,12-13H2,1-2H3/b21-19+. The lowest BCUT2D eigenvalue weighted by Gasteiger charge is -2.25. The Kier molecular flexibility index (Phi) is 7.13. The summed E-state index contributed by atoms with van der Waals surface area (Å²) in [6, 6.07) is 12.9. The Balaban J connectivity index is 2.07. The summed E-state index contributed by atoms with van der Waals surface area (Å²) < 4.78 is 10.6. The van der Waals surface area contributed by atoms with E-state index in [1.165, 1.54) is 12.0 Å². The number of Topliss-reactive ketones (excluding diaryl/α,β-unsaturated/α-hetero) is 1. The molecule has 0 bridgehead atoms. The first-order valence-electron chi connectivity index (χ1n) is 9.74. The van der Waals surface area contributed by atoms with Crippen molar-refractivity contribution in [1.29, 1.82) is 0 Å². The van der Waals surface area contributed by atoms with Crippen LogP contribution in [0.15, 0.2) is 54.1 Å². The number of hydrogen-bond acceptors (Lipinski definition) is 5. The first kappa shape index (κ1) is 21.9. The van der Waals surface area contributed by atoms with Crippen LogP contribution in [-0.2, 0) is 14.3 Å². The van der Waals surface area contributed by atoms with Gasteiger partial charge in [-0.25, -0.2) is 0 Å². The Morgan fingerprint density at radius 1 is 1.17 bits per heavy atom. The third kappa shape index (κ3) is 4.50. The molecule has 158 valence electrons. The SMILES string of the molecule is CCOCCCN1C(=O)C(=O)/C(=C(/O)c2cccc(OC)c2)C1c1ccc(Cl)cc1. The molecule has 0 radical (unpaired) electrons. The summed E-state index contributed by atoms with van der Waals surface area (Å²) in [5.74, 6) is -1.06. The van der Waals surface area contributed by atoms with Crippen LogP contribution in [0.5, 0.6) is 5.75 Å². The van der Waals surface area contributed by atoms with E-state index in [0.29, 0.717) is 48.1 Å². The van der Waals surface area contributed by atoms with Crippen molar-refractivity contribution in [2.24, 2.45) is 0 Å². The molecule has 1 fully saturated rings. The normalized spacial score (nSPS) is 18.1. The predicted octanol–water partition coefficient (Wildman–Crippen LogP) is 4.20. The van der Waals surface area contributed by atoms with Crippen LogP contribution < -0.4 is 4.74 Å². The van der Waals surface area contributed by atoms with Gasteiger partial charge in [-0.1, -0.05) is 35.9 Å². The molecule has 2 aromatic carbocycles. The second kappa shape index (κ2) is 9.78. The van der Waals surface area contributed by atoms with E-state index in [2.05, 4.69) is 0 Å². The van der Waals surface area contributed by atoms with Crippen molar-refractivity contribution >= 4 is 29.1 Å². The number of methoxy groups -OCH3 is 1. The largest absolute Gasteiger partial charge is 0.507 e. The molecule has 1 amide bonds. The Morgan fingerprint density at radius 2 is 1.90 bits per heavy atom. The zero-order chi connectivity index (χ0) is 21.7. The van der Waals surface area contributed by atoms with Crippen LogP contribution in [0, 0.1) is 0 Å². The van der Waals surface area contributed by atoms with Gasteiger partial charge < -0.3 is 19.5 Å². The van der Waals surface area contributed by atoms with E-state index in [1.54, 1.807) is 48.5 Å². The van der Waals surface area contributed by atoms with Crippen LogP contribution in [-0.4, -0.2) is 48.6 Å². The zero-order valence-electron chi connectivity index (χ0n) is 16.9. The quantitative estimate of drug-likeness (QED) is 0.294. The topological polar surface area (TPSA) is 76.1 Å². The number of carbonyl (C=O) groups excluding carboxylic acids is 2. The molecule has 0 saturated carbocycles. The summed E-state index contributed by atoms with van der Waals surface area (Å²) >= 11 is 6.02. The number of carbonyl (C=O) groups is 2. The van der Waals surface area contributed by atoms with Crippen molar-refractivity contribution in [3.63, 3.8) is 0 Å². The van der Waals surface area contributed by atoms with Gasteiger partial charge in [-0.3, -0.25) is 9.59 Å². The lowest BCUT2D eigenvalue weighted by Crippen LogP contribution is -2.31. The van der Waals surface area contributed by atoms with Gasteiger partial charge in [0.1, 0.15) is 11.5 Å². The van der Waals surface area contributed by atoms with Crippen LogP contribution in [0.1, 0.15) is 30.5 Å². The number of benzene rings is 2. The van der Waals surface area contributed by atoms with E-state index < -0.39 is 17.7 Å². The van der Waals surface area contributed by atoms with Gasteiger partial charge in [0.05, 0.1) is 18.7 Å². The number of nitrogens with zero attached hydrogens (tertiary/aromatic N) is 1. The highest BCUT2D eigenvalue weighted by atomic mass is 35.5. The molecule has 1 aliphatic heterocycles. The van der Waals surface area contributed by atoms with E-state index in [9.17, 15) is 14.7 Å². The molecule has 0 spiro atoms. The molecule has 1 N–H and O–H groups in total. The number of halogens is 1. The number of amides is 1. The predicted molar refractivity (Wildman–Crippen MR) is 115 cm³/mol. The zero-order valence-corrected chi connectivity index (χ0v) is 17.7. The van der Waals surface area contributed by atoms with E-state index >= 15 is 0 Å². The van der Waals surface area contributed by atoms with Crippen molar-refractivity contribution < 1.29 is 24.2 Å². The van der Waals surface area contributed by atoms with Crippen molar-refractivity contribution in [3.8, 4) is 5.75 Å². The van der Waals surface area contributed by atoms with Crippen LogP contribution in [0.25, 0.3) is 5.76 Å². The van der Waals surface area contributed by atoms with Crippen molar-refractivity contribution in [2.45, 2.75) is 19.4 Å². The van der Waals surface area contributed by atoms with E-state index in [1.807, 2.05) is 6.92 Å². The summed E-state index contributed by atoms with van der Waals surface area (Å²) in [5, 5.41) is 11.6. The molecular formula is C23H24ClNO5. The number of hydrogen-bond donors (Lipinski definition) is 1. The van der Waals surface area contributed by atoms with Crippen LogP contribution in [0.4, 0.5) is 0 Å². The molecule has 30 heavy (non-hydrogen) atoms. The smallest absolute Gasteiger partial charge is 0.295 e. The molecule has 1 unspecified atom stereocenters. The van der Waals surface area contributed by atoms with Crippen LogP contribution in [0.2, 0.25) is 5.02 Å². The number of ketones is 1. The van der Waals surface area contributed by atoms with Crippen molar-refractivity contribution in [2.75, 3.05) is 26.9 Å². The number of ether oxygens (including phenoxy) is 2. The summed E-state index contributed by atoms with van der Waals surface area (Å²) in [6.07, 6.45) is 0.574. The Morgan fingerprint density at radius 3 is 2.57 bits per heavy atom. The number of rotatable bonds is 8. The summed E-state index contributed by atoms with van der Waals surface area (Å²) in [4.78, 5) is 27.2. The molecule has 1 saturated heterocycles. The lowest BCUT2D eigenvalue weighted by molar-refractivity contribution is -0.140. The van der Waals surface area contributed by atoms with Gasteiger partial charge in [-0.05, 0) is 43.2 Å². The monoisotopic (exact) mass is 429 g/mol. The molecule has 1 heterocycles. The minimum absolute atomic E-state index is 0.0481. The molecule has 0 aliphatic carbocycles. The van der Waals surface area contributed by atoms with Gasteiger partial charge in [-0.2, -0.15) is 0 Å². The van der Waals surface area contributed by atoms with E-state index in [4.69, 9.17) is 21.1 Å². The Labute approximate surface area is 180 Å². The van der Waals surface area contributed by atoms with Gasteiger partial charge in [-0.15, -0.1) is 0 Å². The molecular weight excluding hydrogens is 406 g/mol. The first-order valence-corrected chi connectivity index (χ1v) is 10.1. The Bertz CT molecular complexity index is 954. The molecule has 0 aromatic heterocycles. The second-order valence-electron chi connectivity index (χ2n) is 6.83.